The third-order valence-corrected chi connectivity index (χ3v) is 5.52. The van der Waals surface area contributed by atoms with Crippen molar-refractivity contribution in [3.05, 3.63) is 65.7 Å². The van der Waals surface area contributed by atoms with Crippen molar-refractivity contribution in [1.29, 1.82) is 0 Å². The summed E-state index contributed by atoms with van der Waals surface area (Å²) in [5.74, 6) is -1.67. The fourth-order valence-electron chi connectivity index (χ4n) is 3.83. The minimum atomic E-state index is -1.18. The second-order valence-corrected chi connectivity index (χ2v) is 10.2. The van der Waals surface area contributed by atoms with Gasteiger partial charge in [0.2, 0.25) is 17.7 Å². The van der Waals surface area contributed by atoms with Gasteiger partial charge >= 0.3 is 6.09 Å². The van der Waals surface area contributed by atoms with Crippen LogP contribution >= 0.6 is 0 Å². The number of hydrogen-bond donors (Lipinski definition) is 4. The van der Waals surface area contributed by atoms with E-state index >= 15 is 0 Å². The first-order valence-corrected chi connectivity index (χ1v) is 12.5. The monoisotopic (exact) mass is 526 g/mol. The normalized spacial score (nSPS) is 12.8. The number of nitrogens with zero attached hydrogens (tertiary/aromatic N) is 1. The molecule has 0 spiro atoms. The molecule has 206 valence electrons. The lowest BCUT2D eigenvalue weighted by molar-refractivity contribution is -0.144. The highest BCUT2D eigenvalue weighted by Crippen LogP contribution is 2.27. The molecule has 0 aliphatic heterocycles. The number of amides is 4. The van der Waals surface area contributed by atoms with Crippen LogP contribution in [0.2, 0.25) is 0 Å². The number of phenols is 1. The van der Waals surface area contributed by atoms with Gasteiger partial charge in [0.1, 0.15) is 23.4 Å². The molecule has 0 aliphatic carbocycles. The van der Waals surface area contributed by atoms with Crippen molar-refractivity contribution < 1.29 is 29.0 Å². The van der Waals surface area contributed by atoms with Gasteiger partial charge in [-0.2, -0.15) is 0 Å². The minimum Gasteiger partial charge on any atom is -0.508 e. The number of aromatic hydroxyl groups is 1. The summed E-state index contributed by atoms with van der Waals surface area (Å²) in [6, 6.07) is 12.5. The van der Waals surface area contributed by atoms with E-state index in [1.807, 2.05) is 30.3 Å². The maximum absolute atomic E-state index is 13.9. The number of rotatable bonds is 11. The molecule has 0 radical (unpaired) electrons. The Morgan fingerprint density at radius 2 is 1.61 bits per heavy atom. The summed E-state index contributed by atoms with van der Waals surface area (Å²) in [4.78, 5) is 53.0. The van der Waals surface area contributed by atoms with Crippen molar-refractivity contribution in [1.82, 2.24) is 15.5 Å². The summed E-state index contributed by atoms with van der Waals surface area (Å²) in [6.45, 7) is 8.78. The predicted molar refractivity (Wildman–Crippen MR) is 143 cm³/mol. The molecule has 0 saturated heterocycles. The average molecular weight is 527 g/mol. The molecule has 10 heteroatoms. The van der Waals surface area contributed by atoms with Crippen LogP contribution in [0.5, 0.6) is 5.75 Å². The van der Waals surface area contributed by atoms with E-state index in [0.717, 1.165) is 5.56 Å². The molecule has 10 nitrogen and oxygen atoms in total. The summed E-state index contributed by atoms with van der Waals surface area (Å²) in [7, 11) is 0. The molecule has 2 aromatic carbocycles. The fourth-order valence-corrected chi connectivity index (χ4v) is 3.83. The van der Waals surface area contributed by atoms with Gasteiger partial charge in [-0.1, -0.05) is 42.5 Å². The Morgan fingerprint density at radius 1 is 1.00 bits per heavy atom. The highest BCUT2D eigenvalue weighted by molar-refractivity contribution is 5.92. The first-order valence-electron chi connectivity index (χ1n) is 12.5. The van der Waals surface area contributed by atoms with Crippen LogP contribution in [-0.2, 0) is 25.7 Å². The van der Waals surface area contributed by atoms with Crippen molar-refractivity contribution in [2.75, 3.05) is 0 Å². The molecule has 2 atom stereocenters. The molecule has 0 aliphatic rings. The molecule has 0 bridgehead atoms. The van der Waals surface area contributed by atoms with Crippen LogP contribution in [0.15, 0.2) is 54.6 Å². The van der Waals surface area contributed by atoms with Gasteiger partial charge in [0, 0.05) is 19.0 Å². The SMILES string of the molecule is CC(C)N(C(=O)C(CCC(N)=O)NC(=O)OC(C)(C)C)C(C(=O)NCc1ccccc1)c1ccc(O)cc1. The first-order chi connectivity index (χ1) is 17.8. The number of benzene rings is 2. The van der Waals surface area contributed by atoms with Gasteiger partial charge in [0.15, 0.2) is 0 Å². The lowest BCUT2D eigenvalue weighted by atomic mass is 9.99. The van der Waals surface area contributed by atoms with E-state index < -0.39 is 47.5 Å². The van der Waals surface area contributed by atoms with Crippen LogP contribution in [0.25, 0.3) is 0 Å². The Labute approximate surface area is 223 Å². The maximum Gasteiger partial charge on any atom is 0.408 e. The molecule has 2 aromatic rings. The van der Waals surface area contributed by atoms with E-state index in [0.29, 0.717) is 5.56 Å². The zero-order chi connectivity index (χ0) is 28.5. The molecule has 0 fully saturated rings. The molecule has 2 unspecified atom stereocenters. The molecule has 0 heterocycles. The Bertz CT molecular complexity index is 1100. The zero-order valence-corrected chi connectivity index (χ0v) is 22.6. The van der Waals surface area contributed by atoms with Crippen LogP contribution in [0.4, 0.5) is 4.79 Å². The second kappa shape index (κ2) is 13.5. The Balaban J connectivity index is 2.44. The molecule has 4 amide bonds. The number of phenolic OH excluding ortho intramolecular Hbond substituents is 1. The summed E-state index contributed by atoms with van der Waals surface area (Å²) in [5, 5.41) is 15.2. The highest BCUT2D eigenvalue weighted by Gasteiger charge is 2.37. The largest absolute Gasteiger partial charge is 0.508 e. The molecule has 0 aromatic heterocycles. The fraction of sp³-hybridized carbons (Fsp3) is 0.429. The van der Waals surface area contributed by atoms with Crippen molar-refractivity contribution in [3.8, 4) is 5.75 Å². The number of primary amides is 1. The van der Waals surface area contributed by atoms with Gasteiger partial charge in [-0.25, -0.2) is 4.79 Å². The van der Waals surface area contributed by atoms with Crippen molar-refractivity contribution in [2.45, 2.75) is 77.7 Å². The maximum atomic E-state index is 13.9. The second-order valence-electron chi connectivity index (χ2n) is 10.2. The van der Waals surface area contributed by atoms with Gasteiger partial charge in [-0.3, -0.25) is 14.4 Å². The minimum absolute atomic E-state index is 0.00513. The average Bonchev–Trinajstić information content (AvgIpc) is 2.83. The van der Waals surface area contributed by atoms with Gasteiger partial charge < -0.3 is 31.1 Å². The van der Waals surface area contributed by atoms with E-state index in [-0.39, 0.29) is 25.1 Å². The van der Waals surface area contributed by atoms with Crippen molar-refractivity contribution in [2.24, 2.45) is 5.73 Å². The van der Waals surface area contributed by atoms with Crippen LogP contribution in [0.3, 0.4) is 0 Å². The summed E-state index contributed by atoms with van der Waals surface area (Å²) >= 11 is 0. The van der Waals surface area contributed by atoms with E-state index in [9.17, 15) is 24.3 Å². The lowest BCUT2D eigenvalue weighted by Crippen LogP contribution is -2.55. The molecular weight excluding hydrogens is 488 g/mol. The van der Waals surface area contributed by atoms with E-state index in [1.54, 1.807) is 46.8 Å². The lowest BCUT2D eigenvalue weighted by Gasteiger charge is -2.37. The summed E-state index contributed by atoms with van der Waals surface area (Å²) in [5.41, 5.74) is 5.84. The van der Waals surface area contributed by atoms with E-state index in [2.05, 4.69) is 10.6 Å². The molecule has 2 rings (SSSR count). The smallest absolute Gasteiger partial charge is 0.408 e. The van der Waals surface area contributed by atoms with Crippen LogP contribution in [-0.4, -0.2) is 51.5 Å². The predicted octanol–water partition coefficient (Wildman–Crippen LogP) is 3.15. The van der Waals surface area contributed by atoms with Crippen LogP contribution in [0.1, 0.15) is 64.6 Å². The zero-order valence-electron chi connectivity index (χ0n) is 22.6. The third kappa shape index (κ3) is 9.42. The topological polar surface area (TPSA) is 151 Å². The molecule has 38 heavy (non-hydrogen) atoms. The van der Waals surface area contributed by atoms with E-state index in [1.165, 1.54) is 17.0 Å². The Morgan fingerprint density at radius 3 is 2.13 bits per heavy atom. The molecular formula is C28H38N4O6. The van der Waals surface area contributed by atoms with Crippen molar-refractivity contribution in [3.63, 3.8) is 0 Å². The molecule has 5 N–H and O–H groups in total. The Kier molecular flexibility index (Phi) is 10.7. The van der Waals surface area contributed by atoms with Gasteiger partial charge in [0.25, 0.3) is 0 Å². The van der Waals surface area contributed by atoms with Gasteiger partial charge in [-0.15, -0.1) is 0 Å². The Hall–Kier alpha value is -4.08. The van der Waals surface area contributed by atoms with Crippen molar-refractivity contribution >= 4 is 23.8 Å². The quantitative estimate of drug-likeness (QED) is 0.353. The molecule has 0 saturated carbocycles. The summed E-state index contributed by atoms with van der Waals surface area (Å²) in [6.07, 6.45) is -1.08. The number of carbonyl (C=O) groups is 4. The summed E-state index contributed by atoms with van der Waals surface area (Å²) < 4.78 is 5.31. The van der Waals surface area contributed by atoms with Crippen LogP contribution in [0, 0.1) is 0 Å². The number of hydrogen-bond acceptors (Lipinski definition) is 6. The number of nitrogens with one attached hydrogen (secondary N) is 2. The number of alkyl carbamates (subject to hydrolysis) is 1. The number of carbonyl (C=O) groups excluding carboxylic acids is 4. The number of nitrogens with two attached hydrogens (primary N) is 1. The third-order valence-electron chi connectivity index (χ3n) is 5.52. The van der Waals surface area contributed by atoms with E-state index in [4.69, 9.17) is 10.5 Å². The standard InChI is InChI=1S/C28H38N4O6/c1-18(2)32(26(36)22(15-16-23(29)34)31-27(37)38-28(3,4)5)24(20-11-13-21(33)14-12-20)25(35)30-17-19-9-7-6-8-10-19/h6-14,18,22,24,33H,15-17H2,1-5H3,(H2,29,34)(H,30,35)(H,31,37). The van der Waals surface area contributed by atoms with Crippen LogP contribution < -0.4 is 16.4 Å². The number of ether oxygens (including phenoxy) is 1. The van der Waals surface area contributed by atoms with Gasteiger partial charge in [-0.05, 0) is 64.3 Å². The first kappa shape index (κ1) is 30.1. The van der Waals surface area contributed by atoms with Gasteiger partial charge in [0.05, 0.1) is 0 Å². The highest BCUT2D eigenvalue weighted by atomic mass is 16.6.